The van der Waals surface area contributed by atoms with Crippen molar-refractivity contribution in [1.82, 2.24) is 5.43 Å². The standard InChI is InChI=1S/C24H20BrCl2N3O4/c1-33-19-7-5-18(6-8-19)29-23(31)12-24(32)30-28-13-15-2-9-22(20(25)10-15)34-14-16-3-4-17(26)11-21(16)27/h2-11,13H,12,14H2,1H3,(H,29,31)(H,30,32). The molecule has 0 fully saturated rings. The minimum Gasteiger partial charge on any atom is -0.497 e. The molecule has 3 aromatic carbocycles. The molecule has 3 rings (SSSR count). The highest BCUT2D eigenvalue weighted by Crippen LogP contribution is 2.28. The third-order valence-electron chi connectivity index (χ3n) is 4.45. The summed E-state index contributed by atoms with van der Waals surface area (Å²) in [6.07, 6.45) is 1.09. The van der Waals surface area contributed by atoms with E-state index in [1.165, 1.54) is 6.21 Å². The number of hydrazone groups is 1. The smallest absolute Gasteiger partial charge is 0.249 e. The lowest BCUT2D eigenvalue weighted by atomic mass is 10.2. The maximum Gasteiger partial charge on any atom is 0.249 e. The van der Waals surface area contributed by atoms with E-state index in [0.29, 0.717) is 37.3 Å². The zero-order valence-electron chi connectivity index (χ0n) is 18.0. The number of amides is 2. The predicted molar refractivity (Wildman–Crippen MR) is 137 cm³/mol. The lowest BCUT2D eigenvalue weighted by Gasteiger charge is -2.10. The van der Waals surface area contributed by atoms with Crippen molar-refractivity contribution < 1.29 is 19.1 Å². The molecule has 0 saturated carbocycles. The molecule has 0 saturated heterocycles. The quantitative estimate of drug-likeness (QED) is 0.195. The van der Waals surface area contributed by atoms with Crippen LogP contribution in [0.1, 0.15) is 17.5 Å². The highest BCUT2D eigenvalue weighted by Gasteiger charge is 2.09. The Balaban J connectivity index is 1.47. The highest BCUT2D eigenvalue weighted by molar-refractivity contribution is 9.10. The second-order valence-corrected chi connectivity index (χ2v) is 8.66. The highest BCUT2D eigenvalue weighted by atomic mass is 79.9. The monoisotopic (exact) mass is 563 g/mol. The number of anilines is 1. The SMILES string of the molecule is COc1ccc(NC(=O)CC(=O)NN=Cc2ccc(OCc3ccc(Cl)cc3Cl)c(Br)c2)cc1. The molecule has 10 heteroatoms. The molecule has 0 aromatic heterocycles. The minimum atomic E-state index is -0.541. The Labute approximate surface area is 215 Å². The normalized spacial score (nSPS) is 10.7. The van der Waals surface area contributed by atoms with E-state index in [9.17, 15) is 9.59 Å². The summed E-state index contributed by atoms with van der Waals surface area (Å²) in [5.41, 5.74) is 4.42. The third-order valence-corrected chi connectivity index (χ3v) is 5.66. The van der Waals surface area contributed by atoms with Gasteiger partial charge in [-0.2, -0.15) is 5.10 Å². The van der Waals surface area contributed by atoms with Crippen LogP contribution in [0.25, 0.3) is 0 Å². The first-order valence-electron chi connectivity index (χ1n) is 9.96. The van der Waals surface area contributed by atoms with Crippen LogP contribution in [0.4, 0.5) is 5.69 Å². The van der Waals surface area contributed by atoms with Crippen molar-refractivity contribution in [2.45, 2.75) is 13.0 Å². The van der Waals surface area contributed by atoms with Gasteiger partial charge < -0.3 is 14.8 Å². The number of benzene rings is 3. The van der Waals surface area contributed by atoms with Crippen LogP contribution in [0.5, 0.6) is 11.5 Å². The first-order valence-corrected chi connectivity index (χ1v) is 11.5. The summed E-state index contributed by atoms with van der Waals surface area (Å²) in [4.78, 5) is 24.0. The molecular weight excluding hydrogens is 545 g/mol. The van der Waals surface area contributed by atoms with Gasteiger partial charge in [-0.15, -0.1) is 0 Å². The molecule has 3 aromatic rings. The first-order chi connectivity index (χ1) is 16.3. The molecule has 176 valence electrons. The molecule has 0 unspecified atom stereocenters. The van der Waals surface area contributed by atoms with Crippen molar-refractivity contribution in [3.8, 4) is 11.5 Å². The van der Waals surface area contributed by atoms with Crippen LogP contribution in [0.15, 0.2) is 70.2 Å². The predicted octanol–water partition coefficient (Wildman–Crippen LogP) is 5.82. The van der Waals surface area contributed by atoms with Crippen LogP contribution in [-0.4, -0.2) is 25.1 Å². The fourth-order valence-electron chi connectivity index (χ4n) is 2.75. The summed E-state index contributed by atoms with van der Waals surface area (Å²) in [6.45, 7) is 0.274. The van der Waals surface area contributed by atoms with E-state index in [4.69, 9.17) is 32.7 Å². The Bertz CT molecular complexity index is 1200. The van der Waals surface area contributed by atoms with Crippen molar-refractivity contribution >= 4 is 62.8 Å². The van der Waals surface area contributed by atoms with Crippen molar-refractivity contribution in [1.29, 1.82) is 0 Å². The van der Waals surface area contributed by atoms with Crippen LogP contribution < -0.4 is 20.2 Å². The number of methoxy groups -OCH3 is 1. The largest absolute Gasteiger partial charge is 0.497 e. The molecule has 0 aliphatic heterocycles. The van der Waals surface area contributed by atoms with Crippen molar-refractivity contribution in [3.63, 3.8) is 0 Å². The Morgan fingerprint density at radius 3 is 2.47 bits per heavy atom. The van der Waals surface area contributed by atoms with Gasteiger partial charge in [0.05, 0.1) is 17.8 Å². The molecule has 0 bridgehead atoms. The number of halogens is 3. The Hall–Kier alpha value is -3.07. The van der Waals surface area contributed by atoms with E-state index in [0.717, 1.165) is 5.56 Å². The number of carbonyl (C=O) groups is 2. The zero-order chi connectivity index (χ0) is 24.5. The second-order valence-electron chi connectivity index (χ2n) is 6.96. The second kappa shape index (κ2) is 12.4. The first kappa shape index (κ1) is 25.6. The Kier molecular flexibility index (Phi) is 9.33. The molecular formula is C24H20BrCl2N3O4. The van der Waals surface area contributed by atoms with Crippen LogP contribution in [-0.2, 0) is 16.2 Å². The average molecular weight is 565 g/mol. The summed E-state index contributed by atoms with van der Waals surface area (Å²) in [6, 6.07) is 17.3. The summed E-state index contributed by atoms with van der Waals surface area (Å²) < 4.78 is 11.6. The average Bonchev–Trinajstić information content (AvgIpc) is 2.80. The van der Waals surface area contributed by atoms with E-state index in [1.807, 2.05) is 0 Å². The van der Waals surface area contributed by atoms with Gasteiger partial charge in [-0.1, -0.05) is 29.3 Å². The van der Waals surface area contributed by atoms with Gasteiger partial charge in [0.15, 0.2) is 0 Å². The van der Waals surface area contributed by atoms with Crippen LogP contribution in [0.2, 0.25) is 10.0 Å². The topological polar surface area (TPSA) is 89.0 Å². The van der Waals surface area contributed by atoms with Crippen molar-refractivity contribution in [2.24, 2.45) is 5.10 Å². The van der Waals surface area contributed by atoms with Gasteiger partial charge in [-0.3, -0.25) is 9.59 Å². The minimum absolute atomic E-state index is 0.274. The van der Waals surface area contributed by atoms with Gasteiger partial charge in [-0.25, -0.2) is 5.43 Å². The van der Waals surface area contributed by atoms with Crippen LogP contribution >= 0.6 is 39.1 Å². The fourth-order valence-corrected chi connectivity index (χ4v) is 3.73. The maximum absolute atomic E-state index is 12.0. The van der Waals surface area contributed by atoms with Crippen LogP contribution in [0, 0.1) is 0 Å². The molecule has 34 heavy (non-hydrogen) atoms. The number of nitrogens with zero attached hydrogens (tertiary/aromatic N) is 1. The van der Waals surface area contributed by atoms with Gasteiger partial charge in [0.1, 0.15) is 24.5 Å². The van der Waals surface area contributed by atoms with Gasteiger partial charge in [0.25, 0.3) is 0 Å². The molecule has 0 atom stereocenters. The fraction of sp³-hybridized carbons (Fsp3) is 0.125. The molecule has 7 nitrogen and oxygen atoms in total. The number of rotatable bonds is 9. The zero-order valence-corrected chi connectivity index (χ0v) is 21.1. The summed E-state index contributed by atoms with van der Waals surface area (Å²) in [5, 5.41) is 7.62. The third kappa shape index (κ3) is 7.76. The van der Waals surface area contributed by atoms with E-state index in [2.05, 4.69) is 31.8 Å². The number of hydrogen-bond donors (Lipinski definition) is 2. The molecule has 0 heterocycles. The maximum atomic E-state index is 12.0. The summed E-state index contributed by atoms with van der Waals surface area (Å²) in [5.74, 6) is 0.286. The van der Waals surface area contributed by atoms with E-state index in [-0.39, 0.29) is 13.0 Å². The summed E-state index contributed by atoms with van der Waals surface area (Å²) >= 11 is 15.5. The van der Waals surface area contributed by atoms with Gasteiger partial charge in [0.2, 0.25) is 11.8 Å². The Morgan fingerprint density at radius 1 is 1.03 bits per heavy atom. The van der Waals surface area contributed by atoms with Gasteiger partial charge >= 0.3 is 0 Å². The van der Waals surface area contributed by atoms with E-state index in [1.54, 1.807) is 67.8 Å². The van der Waals surface area contributed by atoms with E-state index >= 15 is 0 Å². The number of hydrogen-bond acceptors (Lipinski definition) is 5. The lowest BCUT2D eigenvalue weighted by Crippen LogP contribution is -2.24. The molecule has 0 radical (unpaired) electrons. The summed E-state index contributed by atoms with van der Waals surface area (Å²) in [7, 11) is 1.55. The van der Waals surface area contributed by atoms with Gasteiger partial charge in [-0.05, 0) is 76.1 Å². The van der Waals surface area contributed by atoms with Crippen molar-refractivity contribution in [3.05, 3.63) is 86.3 Å². The number of carbonyl (C=O) groups excluding carboxylic acids is 2. The number of ether oxygens (including phenoxy) is 2. The lowest BCUT2D eigenvalue weighted by molar-refractivity contribution is -0.126. The Morgan fingerprint density at radius 2 is 1.79 bits per heavy atom. The van der Waals surface area contributed by atoms with Crippen LogP contribution in [0.3, 0.4) is 0 Å². The van der Waals surface area contributed by atoms with E-state index < -0.39 is 11.8 Å². The molecule has 2 amide bonds. The molecule has 0 aliphatic rings. The molecule has 0 aliphatic carbocycles. The van der Waals surface area contributed by atoms with Crippen molar-refractivity contribution in [2.75, 3.05) is 12.4 Å². The molecule has 2 N–H and O–H groups in total. The number of nitrogens with one attached hydrogen (secondary N) is 2. The van der Waals surface area contributed by atoms with Gasteiger partial charge in [0, 0.05) is 21.3 Å². The molecule has 0 spiro atoms.